The first kappa shape index (κ1) is 18.2. The molecular formula is C21H15N3O5. The van der Waals surface area contributed by atoms with Gasteiger partial charge >= 0.3 is 0 Å². The summed E-state index contributed by atoms with van der Waals surface area (Å²) in [6, 6.07) is 17.9. The van der Waals surface area contributed by atoms with E-state index in [0.717, 1.165) is 11.3 Å². The molecule has 3 aromatic carbocycles. The Balaban J connectivity index is 1.55. The number of nitro groups is 1. The molecule has 0 atom stereocenters. The maximum atomic E-state index is 12.4. The third-order valence-electron chi connectivity index (χ3n) is 4.32. The number of aromatic nitrogens is 1. The Labute approximate surface area is 164 Å². The monoisotopic (exact) mass is 389 g/mol. The molecule has 0 bridgehead atoms. The van der Waals surface area contributed by atoms with Gasteiger partial charge in [-0.15, -0.1) is 0 Å². The highest BCUT2D eigenvalue weighted by Gasteiger charge is 2.12. The van der Waals surface area contributed by atoms with Gasteiger partial charge in [-0.05, 0) is 48.5 Å². The van der Waals surface area contributed by atoms with Gasteiger partial charge in [0.15, 0.2) is 5.58 Å². The molecule has 1 N–H and O–H groups in total. The molecule has 29 heavy (non-hydrogen) atoms. The summed E-state index contributed by atoms with van der Waals surface area (Å²) < 4.78 is 11.0. The van der Waals surface area contributed by atoms with Gasteiger partial charge in [0.25, 0.3) is 11.6 Å². The number of nitrogens with zero attached hydrogens (tertiary/aromatic N) is 2. The van der Waals surface area contributed by atoms with Gasteiger partial charge in [-0.25, -0.2) is 4.98 Å². The first-order valence-corrected chi connectivity index (χ1v) is 8.64. The maximum absolute atomic E-state index is 12.4. The van der Waals surface area contributed by atoms with E-state index in [4.69, 9.17) is 9.15 Å². The number of ether oxygens (including phenoxy) is 1. The lowest BCUT2D eigenvalue weighted by Gasteiger charge is -2.04. The third kappa shape index (κ3) is 3.77. The Hall–Kier alpha value is -4.20. The van der Waals surface area contributed by atoms with Gasteiger partial charge in [-0.1, -0.05) is 0 Å². The number of fused-ring (bicyclic) bond motifs is 1. The van der Waals surface area contributed by atoms with Crippen molar-refractivity contribution in [3.8, 4) is 17.2 Å². The molecule has 8 heteroatoms. The maximum Gasteiger partial charge on any atom is 0.269 e. The van der Waals surface area contributed by atoms with Gasteiger partial charge in [0.2, 0.25) is 5.89 Å². The normalized spacial score (nSPS) is 10.7. The SMILES string of the molecule is COc1ccc(-c2nc3ccc(NC(=O)c4ccc([N+](=O)[O-])cc4)cc3o2)cc1. The number of nitro benzene ring substituents is 1. The fraction of sp³-hybridized carbons (Fsp3) is 0.0476. The summed E-state index contributed by atoms with van der Waals surface area (Å²) in [5.74, 6) is 0.816. The van der Waals surface area contributed by atoms with Crippen LogP contribution in [-0.4, -0.2) is 22.9 Å². The molecule has 0 radical (unpaired) electrons. The van der Waals surface area contributed by atoms with Crippen LogP contribution >= 0.6 is 0 Å². The molecule has 0 saturated heterocycles. The first-order chi connectivity index (χ1) is 14.0. The molecule has 4 rings (SSSR count). The van der Waals surface area contributed by atoms with E-state index in [9.17, 15) is 14.9 Å². The standard InChI is InChI=1S/C21H15N3O5/c1-28-17-9-4-14(5-10-17)21-23-18-11-6-15(12-19(18)29-21)22-20(25)13-2-7-16(8-3-13)24(26)27/h2-12H,1H3,(H,22,25). The highest BCUT2D eigenvalue weighted by Crippen LogP contribution is 2.27. The summed E-state index contributed by atoms with van der Waals surface area (Å²) in [5, 5.41) is 13.5. The van der Waals surface area contributed by atoms with E-state index in [2.05, 4.69) is 10.3 Å². The van der Waals surface area contributed by atoms with Crippen LogP contribution in [0.25, 0.3) is 22.6 Å². The third-order valence-corrected chi connectivity index (χ3v) is 4.32. The molecule has 0 unspecified atom stereocenters. The molecular weight excluding hydrogens is 374 g/mol. The summed E-state index contributed by atoms with van der Waals surface area (Å²) in [4.78, 5) is 27.0. The fourth-order valence-electron chi connectivity index (χ4n) is 2.80. The van der Waals surface area contributed by atoms with Gasteiger partial charge < -0.3 is 14.5 Å². The molecule has 8 nitrogen and oxygen atoms in total. The number of amides is 1. The molecule has 0 aliphatic carbocycles. The zero-order valence-corrected chi connectivity index (χ0v) is 15.3. The summed E-state index contributed by atoms with van der Waals surface area (Å²) in [6.45, 7) is 0. The highest BCUT2D eigenvalue weighted by molar-refractivity contribution is 6.05. The van der Waals surface area contributed by atoms with Crippen molar-refractivity contribution in [2.75, 3.05) is 12.4 Å². The second kappa shape index (κ2) is 7.43. The van der Waals surface area contributed by atoms with Crippen molar-refractivity contribution in [2.24, 2.45) is 0 Å². The lowest BCUT2D eigenvalue weighted by Crippen LogP contribution is -2.11. The van der Waals surface area contributed by atoms with Crippen LogP contribution < -0.4 is 10.1 Å². The number of benzene rings is 3. The zero-order chi connectivity index (χ0) is 20.4. The van der Waals surface area contributed by atoms with Crippen molar-refractivity contribution in [3.05, 3.63) is 82.4 Å². The molecule has 0 aliphatic heterocycles. The molecule has 1 aromatic heterocycles. The number of rotatable bonds is 5. The number of carbonyl (C=O) groups is 1. The summed E-state index contributed by atoms with van der Waals surface area (Å²) in [7, 11) is 1.60. The molecule has 0 saturated carbocycles. The lowest BCUT2D eigenvalue weighted by atomic mass is 10.2. The van der Waals surface area contributed by atoms with E-state index in [1.165, 1.54) is 24.3 Å². The molecule has 4 aromatic rings. The van der Waals surface area contributed by atoms with Crippen molar-refractivity contribution in [1.82, 2.24) is 4.98 Å². The van der Waals surface area contributed by atoms with Crippen molar-refractivity contribution in [1.29, 1.82) is 0 Å². The second-order valence-electron chi connectivity index (χ2n) is 6.19. The van der Waals surface area contributed by atoms with Crippen molar-refractivity contribution < 1.29 is 18.9 Å². The van der Waals surface area contributed by atoms with Gasteiger partial charge in [0.1, 0.15) is 11.3 Å². The number of anilines is 1. The number of oxazole rings is 1. The minimum absolute atomic E-state index is 0.0734. The fourth-order valence-corrected chi connectivity index (χ4v) is 2.80. The van der Waals surface area contributed by atoms with E-state index in [1.54, 1.807) is 25.3 Å². The van der Waals surface area contributed by atoms with Gasteiger partial charge in [-0.2, -0.15) is 0 Å². The second-order valence-corrected chi connectivity index (χ2v) is 6.19. The number of nitrogens with one attached hydrogen (secondary N) is 1. The van der Waals surface area contributed by atoms with Crippen LogP contribution in [-0.2, 0) is 0 Å². The first-order valence-electron chi connectivity index (χ1n) is 8.64. The smallest absolute Gasteiger partial charge is 0.269 e. The minimum atomic E-state index is -0.514. The van der Waals surface area contributed by atoms with E-state index < -0.39 is 4.92 Å². The molecule has 0 fully saturated rings. The number of hydrogen-bond acceptors (Lipinski definition) is 6. The van der Waals surface area contributed by atoms with Gasteiger partial charge in [0, 0.05) is 35.0 Å². The van der Waals surface area contributed by atoms with E-state index in [0.29, 0.717) is 28.2 Å². The number of carbonyl (C=O) groups excluding carboxylic acids is 1. The lowest BCUT2D eigenvalue weighted by molar-refractivity contribution is -0.384. The number of methoxy groups -OCH3 is 1. The predicted octanol–water partition coefficient (Wildman–Crippen LogP) is 4.66. The van der Waals surface area contributed by atoms with Gasteiger partial charge in [0.05, 0.1) is 12.0 Å². The van der Waals surface area contributed by atoms with Crippen molar-refractivity contribution in [3.63, 3.8) is 0 Å². The van der Waals surface area contributed by atoms with Gasteiger partial charge in [-0.3, -0.25) is 14.9 Å². The van der Waals surface area contributed by atoms with E-state index in [1.807, 2.05) is 24.3 Å². The Morgan fingerprint density at radius 3 is 2.45 bits per heavy atom. The van der Waals surface area contributed by atoms with Crippen LogP contribution in [0.4, 0.5) is 11.4 Å². The average Bonchev–Trinajstić information content (AvgIpc) is 3.17. The van der Waals surface area contributed by atoms with Crippen LogP contribution in [0.15, 0.2) is 71.1 Å². The summed E-state index contributed by atoms with van der Waals surface area (Å²) in [5.41, 5.74) is 2.75. The van der Waals surface area contributed by atoms with Crippen LogP contribution in [0.3, 0.4) is 0 Å². The molecule has 144 valence electrons. The summed E-state index contributed by atoms with van der Waals surface area (Å²) in [6.07, 6.45) is 0. The van der Waals surface area contributed by atoms with Crippen LogP contribution in [0.1, 0.15) is 10.4 Å². The average molecular weight is 389 g/mol. The Bertz CT molecular complexity index is 1200. The van der Waals surface area contributed by atoms with Crippen LogP contribution in [0, 0.1) is 10.1 Å². The molecule has 1 heterocycles. The molecule has 1 amide bonds. The Kier molecular flexibility index (Phi) is 4.66. The van der Waals surface area contributed by atoms with Crippen molar-refractivity contribution in [2.45, 2.75) is 0 Å². The summed E-state index contributed by atoms with van der Waals surface area (Å²) >= 11 is 0. The van der Waals surface area contributed by atoms with E-state index in [-0.39, 0.29) is 11.6 Å². The number of non-ortho nitro benzene ring substituents is 1. The zero-order valence-electron chi connectivity index (χ0n) is 15.3. The predicted molar refractivity (Wildman–Crippen MR) is 107 cm³/mol. The quantitative estimate of drug-likeness (QED) is 0.393. The van der Waals surface area contributed by atoms with Crippen molar-refractivity contribution >= 4 is 28.4 Å². The van der Waals surface area contributed by atoms with E-state index >= 15 is 0 Å². The van der Waals surface area contributed by atoms with Crippen LogP contribution in [0.2, 0.25) is 0 Å². The molecule has 0 spiro atoms. The topological polar surface area (TPSA) is 108 Å². The molecule has 0 aliphatic rings. The van der Waals surface area contributed by atoms with Crippen LogP contribution in [0.5, 0.6) is 5.75 Å². The highest BCUT2D eigenvalue weighted by atomic mass is 16.6. The Morgan fingerprint density at radius 2 is 1.79 bits per heavy atom. The largest absolute Gasteiger partial charge is 0.497 e. The number of hydrogen-bond donors (Lipinski definition) is 1. The Morgan fingerprint density at radius 1 is 1.07 bits per heavy atom. The minimum Gasteiger partial charge on any atom is -0.497 e.